The van der Waals surface area contributed by atoms with E-state index in [2.05, 4.69) is 0 Å². The van der Waals surface area contributed by atoms with Crippen LogP contribution in [0.5, 0.6) is 0 Å². The maximum absolute atomic E-state index is 10.6. The van der Waals surface area contributed by atoms with Gasteiger partial charge in [-0.15, -0.1) is 0 Å². The topological polar surface area (TPSA) is 66.6 Å². The monoisotopic (exact) mass is 186 g/mol. The fourth-order valence-electron chi connectivity index (χ4n) is 0.909. The van der Waals surface area contributed by atoms with E-state index in [-0.39, 0.29) is 0 Å². The van der Waals surface area contributed by atoms with Gasteiger partial charge in [0.05, 0.1) is 6.10 Å². The van der Waals surface area contributed by atoms with Gasteiger partial charge in [-0.05, 0) is 27.4 Å². The van der Waals surface area contributed by atoms with E-state index >= 15 is 0 Å². The maximum Gasteiger partial charge on any atom is 0.244 e. The molecule has 1 amide bonds. The highest BCUT2D eigenvalue weighted by Crippen LogP contribution is 1.99. The molecule has 0 aliphatic heterocycles. The van der Waals surface area contributed by atoms with Crippen molar-refractivity contribution in [3.05, 3.63) is 11.6 Å². The first-order chi connectivity index (χ1) is 5.93. The molecule has 0 saturated carbocycles. The van der Waals surface area contributed by atoms with E-state index in [0.717, 1.165) is 0 Å². The normalized spacial score (nSPS) is 14.7. The van der Waals surface area contributed by atoms with Crippen LogP contribution in [0.3, 0.4) is 0 Å². The Morgan fingerprint density at radius 3 is 2.54 bits per heavy atom. The molecule has 0 aromatic carbocycles. The Balaban J connectivity index is 3.87. The van der Waals surface area contributed by atoms with Gasteiger partial charge in [-0.25, -0.2) is 0 Å². The van der Waals surface area contributed by atoms with Gasteiger partial charge in [0.15, 0.2) is 0 Å². The molecule has 13 heavy (non-hydrogen) atoms. The number of nitrogens with zero attached hydrogens (tertiary/aromatic N) is 1. The molecule has 0 bridgehead atoms. The predicted octanol–water partition coefficient (Wildman–Crippen LogP) is -0.269. The molecule has 0 aromatic heterocycles. The minimum Gasteiger partial charge on any atom is -0.391 e. The van der Waals surface area contributed by atoms with Crippen LogP contribution in [0.15, 0.2) is 11.6 Å². The quantitative estimate of drug-likeness (QED) is 0.581. The Morgan fingerprint density at radius 1 is 1.62 bits per heavy atom. The molecule has 0 saturated heterocycles. The molecule has 0 spiro atoms. The standard InChI is InChI=1S/C9H18N2O2/c1-7(9(10)13)4-5-8(12)6-11(2)3/h4,8,12H,5-6H2,1-3H3,(H2,10,13)/b7-4+. The van der Waals surface area contributed by atoms with Gasteiger partial charge in [-0.1, -0.05) is 6.08 Å². The molecule has 76 valence electrons. The number of hydrogen-bond donors (Lipinski definition) is 2. The predicted molar refractivity (Wildman–Crippen MR) is 52.1 cm³/mol. The van der Waals surface area contributed by atoms with Gasteiger partial charge in [0.25, 0.3) is 0 Å². The van der Waals surface area contributed by atoms with E-state index in [1.165, 1.54) is 0 Å². The average molecular weight is 186 g/mol. The molecular formula is C9H18N2O2. The summed E-state index contributed by atoms with van der Waals surface area (Å²) in [5, 5.41) is 9.41. The second-order valence-electron chi connectivity index (χ2n) is 3.40. The summed E-state index contributed by atoms with van der Waals surface area (Å²) in [6.07, 6.45) is 1.69. The lowest BCUT2D eigenvalue weighted by Gasteiger charge is -2.14. The molecule has 0 rings (SSSR count). The lowest BCUT2D eigenvalue weighted by atomic mass is 10.1. The van der Waals surface area contributed by atoms with E-state index < -0.39 is 12.0 Å². The molecule has 0 aliphatic rings. The van der Waals surface area contributed by atoms with Gasteiger partial charge in [0, 0.05) is 12.1 Å². The first-order valence-electron chi connectivity index (χ1n) is 4.23. The molecule has 3 N–H and O–H groups in total. The van der Waals surface area contributed by atoms with Gasteiger partial charge >= 0.3 is 0 Å². The van der Waals surface area contributed by atoms with Crippen LogP contribution in [0.1, 0.15) is 13.3 Å². The van der Waals surface area contributed by atoms with Gasteiger partial charge in [-0.2, -0.15) is 0 Å². The number of likely N-dealkylation sites (N-methyl/N-ethyl adjacent to an activating group) is 1. The first-order valence-corrected chi connectivity index (χ1v) is 4.23. The van der Waals surface area contributed by atoms with Crippen LogP contribution in [-0.2, 0) is 4.79 Å². The number of nitrogens with two attached hydrogens (primary N) is 1. The summed E-state index contributed by atoms with van der Waals surface area (Å²) in [4.78, 5) is 12.5. The highest BCUT2D eigenvalue weighted by molar-refractivity contribution is 5.91. The van der Waals surface area contributed by atoms with Crippen molar-refractivity contribution >= 4 is 5.91 Å². The van der Waals surface area contributed by atoms with E-state index in [1.807, 2.05) is 19.0 Å². The van der Waals surface area contributed by atoms with Crippen molar-refractivity contribution in [3.63, 3.8) is 0 Å². The Morgan fingerprint density at radius 2 is 2.15 bits per heavy atom. The molecule has 0 radical (unpaired) electrons. The second-order valence-corrected chi connectivity index (χ2v) is 3.40. The van der Waals surface area contributed by atoms with Crippen molar-refractivity contribution in [1.82, 2.24) is 4.90 Å². The van der Waals surface area contributed by atoms with Gasteiger partial charge < -0.3 is 15.7 Å². The van der Waals surface area contributed by atoms with Crippen LogP contribution < -0.4 is 5.73 Å². The fraction of sp³-hybridized carbons (Fsp3) is 0.667. The van der Waals surface area contributed by atoms with Crippen molar-refractivity contribution in [1.29, 1.82) is 0 Å². The van der Waals surface area contributed by atoms with E-state index in [1.54, 1.807) is 13.0 Å². The highest BCUT2D eigenvalue weighted by atomic mass is 16.3. The minimum atomic E-state index is -0.440. The zero-order chi connectivity index (χ0) is 10.4. The van der Waals surface area contributed by atoms with Crippen LogP contribution in [0.2, 0.25) is 0 Å². The van der Waals surface area contributed by atoms with Crippen molar-refractivity contribution < 1.29 is 9.90 Å². The van der Waals surface area contributed by atoms with Crippen LogP contribution in [0.25, 0.3) is 0 Å². The third-order valence-electron chi connectivity index (χ3n) is 1.66. The van der Waals surface area contributed by atoms with Crippen LogP contribution >= 0.6 is 0 Å². The van der Waals surface area contributed by atoms with Gasteiger partial charge in [0.1, 0.15) is 0 Å². The number of amides is 1. The lowest BCUT2D eigenvalue weighted by molar-refractivity contribution is -0.114. The number of carbonyl (C=O) groups is 1. The molecule has 1 atom stereocenters. The Bertz CT molecular complexity index is 200. The van der Waals surface area contributed by atoms with Crippen molar-refractivity contribution in [3.8, 4) is 0 Å². The summed E-state index contributed by atoms with van der Waals surface area (Å²) in [6, 6.07) is 0. The summed E-state index contributed by atoms with van der Waals surface area (Å²) < 4.78 is 0. The Kier molecular flexibility index (Phi) is 5.34. The van der Waals surface area contributed by atoms with Crippen LogP contribution in [-0.4, -0.2) is 42.7 Å². The number of aliphatic hydroxyl groups excluding tert-OH is 1. The zero-order valence-corrected chi connectivity index (χ0v) is 8.45. The molecule has 4 nitrogen and oxygen atoms in total. The molecule has 0 fully saturated rings. The number of primary amides is 1. The summed E-state index contributed by atoms with van der Waals surface area (Å²) in [7, 11) is 3.77. The third-order valence-corrected chi connectivity index (χ3v) is 1.66. The molecule has 4 heteroatoms. The fourth-order valence-corrected chi connectivity index (χ4v) is 0.909. The molecule has 0 aromatic rings. The van der Waals surface area contributed by atoms with Crippen LogP contribution in [0, 0.1) is 0 Å². The Labute approximate surface area is 79.0 Å². The SMILES string of the molecule is C/C(=C\CC(O)CN(C)C)C(N)=O. The lowest BCUT2D eigenvalue weighted by Crippen LogP contribution is -2.25. The molecule has 0 aliphatic carbocycles. The summed E-state index contributed by atoms with van der Waals surface area (Å²) in [5.74, 6) is -0.433. The van der Waals surface area contributed by atoms with Crippen molar-refractivity contribution in [2.45, 2.75) is 19.4 Å². The minimum absolute atomic E-state index is 0.433. The van der Waals surface area contributed by atoms with Crippen molar-refractivity contribution in [2.24, 2.45) is 5.73 Å². The van der Waals surface area contributed by atoms with Crippen LogP contribution in [0.4, 0.5) is 0 Å². The molecule has 0 heterocycles. The third kappa shape index (κ3) is 6.31. The summed E-state index contributed by atoms with van der Waals surface area (Å²) >= 11 is 0. The maximum atomic E-state index is 10.6. The van der Waals surface area contributed by atoms with E-state index in [9.17, 15) is 9.90 Å². The summed E-state index contributed by atoms with van der Waals surface area (Å²) in [6.45, 7) is 2.23. The zero-order valence-electron chi connectivity index (χ0n) is 8.45. The van der Waals surface area contributed by atoms with Gasteiger partial charge in [0.2, 0.25) is 5.91 Å². The largest absolute Gasteiger partial charge is 0.391 e. The highest BCUT2D eigenvalue weighted by Gasteiger charge is 2.04. The van der Waals surface area contributed by atoms with Gasteiger partial charge in [-0.3, -0.25) is 4.79 Å². The summed E-state index contributed by atoms with van der Waals surface area (Å²) in [5.41, 5.74) is 5.52. The van der Waals surface area contributed by atoms with Crippen molar-refractivity contribution in [2.75, 3.05) is 20.6 Å². The number of carbonyl (C=O) groups excluding carboxylic acids is 1. The number of aliphatic hydroxyl groups is 1. The Hall–Kier alpha value is -0.870. The average Bonchev–Trinajstić information content (AvgIpc) is 1.98. The van der Waals surface area contributed by atoms with E-state index in [0.29, 0.717) is 18.5 Å². The first kappa shape index (κ1) is 12.1. The number of hydrogen-bond acceptors (Lipinski definition) is 3. The van der Waals surface area contributed by atoms with E-state index in [4.69, 9.17) is 5.73 Å². The second kappa shape index (κ2) is 5.72. The number of rotatable bonds is 5. The smallest absolute Gasteiger partial charge is 0.244 e. The molecule has 1 unspecified atom stereocenters. The molecular weight excluding hydrogens is 168 g/mol.